The van der Waals surface area contributed by atoms with Crippen molar-refractivity contribution in [3.8, 4) is 17.6 Å². The van der Waals surface area contributed by atoms with Gasteiger partial charge in [0.15, 0.2) is 11.5 Å². The number of nitriles is 1. The van der Waals surface area contributed by atoms with Crippen LogP contribution in [0.1, 0.15) is 19.3 Å². The van der Waals surface area contributed by atoms with Crippen LogP contribution in [-0.4, -0.2) is 13.7 Å². The summed E-state index contributed by atoms with van der Waals surface area (Å²) in [5.74, 6) is 1.51. The van der Waals surface area contributed by atoms with E-state index >= 15 is 0 Å². The summed E-state index contributed by atoms with van der Waals surface area (Å²) < 4.78 is 10.7. The minimum Gasteiger partial charge on any atom is -0.493 e. The summed E-state index contributed by atoms with van der Waals surface area (Å²) >= 11 is 0. The van der Waals surface area contributed by atoms with Gasteiger partial charge >= 0.3 is 0 Å². The number of benzene rings is 1. The molecule has 0 atom stereocenters. The average Bonchev–Trinajstić information content (AvgIpc) is 2.29. The lowest BCUT2D eigenvalue weighted by molar-refractivity contribution is 0.287. The Bertz CT molecular complexity index is 331. The van der Waals surface area contributed by atoms with Crippen LogP contribution in [0.4, 0.5) is 0 Å². The molecule has 1 aromatic carbocycles. The van der Waals surface area contributed by atoms with Crippen molar-refractivity contribution in [2.45, 2.75) is 19.3 Å². The van der Waals surface area contributed by atoms with E-state index in [9.17, 15) is 0 Å². The highest BCUT2D eigenvalue weighted by atomic mass is 16.5. The van der Waals surface area contributed by atoms with Crippen molar-refractivity contribution in [1.29, 1.82) is 5.26 Å². The summed E-state index contributed by atoms with van der Waals surface area (Å²) in [7, 11) is 1.62. The van der Waals surface area contributed by atoms with Crippen LogP contribution in [0.25, 0.3) is 0 Å². The lowest BCUT2D eigenvalue weighted by atomic mass is 10.2. The molecule has 0 N–H and O–H groups in total. The average molecular weight is 205 g/mol. The predicted molar refractivity (Wildman–Crippen MR) is 58.0 cm³/mol. The zero-order valence-electron chi connectivity index (χ0n) is 8.90. The van der Waals surface area contributed by atoms with E-state index in [0.717, 1.165) is 24.3 Å². The molecule has 0 spiro atoms. The smallest absolute Gasteiger partial charge is 0.161 e. The standard InChI is InChI=1S/C12H15NO2/c1-14-11-7-3-4-8-12(11)15-10-6-2-5-9-13/h3-4,7-8H,2,5-6,10H2,1H3. The number of methoxy groups -OCH3 is 1. The zero-order chi connectivity index (χ0) is 10.9. The van der Waals surface area contributed by atoms with Crippen molar-refractivity contribution in [3.63, 3.8) is 0 Å². The summed E-state index contributed by atoms with van der Waals surface area (Å²) in [6.07, 6.45) is 2.37. The van der Waals surface area contributed by atoms with Crippen LogP contribution in [0.15, 0.2) is 24.3 Å². The Morgan fingerprint density at radius 3 is 2.60 bits per heavy atom. The van der Waals surface area contributed by atoms with Crippen molar-refractivity contribution in [2.24, 2.45) is 0 Å². The Morgan fingerprint density at radius 2 is 1.93 bits per heavy atom. The number of rotatable bonds is 6. The van der Waals surface area contributed by atoms with Crippen LogP contribution in [0.3, 0.4) is 0 Å². The minimum atomic E-state index is 0.593. The van der Waals surface area contributed by atoms with Gasteiger partial charge in [-0.3, -0.25) is 0 Å². The molecule has 0 amide bonds. The van der Waals surface area contributed by atoms with Gasteiger partial charge in [-0.2, -0.15) is 5.26 Å². The lowest BCUT2D eigenvalue weighted by Crippen LogP contribution is -1.98. The van der Waals surface area contributed by atoms with Crippen molar-refractivity contribution in [3.05, 3.63) is 24.3 Å². The normalized spacial score (nSPS) is 9.33. The van der Waals surface area contributed by atoms with Crippen LogP contribution in [0, 0.1) is 11.3 Å². The van der Waals surface area contributed by atoms with Gasteiger partial charge in [0.2, 0.25) is 0 Å². The molecule has 0 aliphatic carbocycles. The quantitative estimate of drug-likeness (QED) is 0.670. The summed E-state index contributed by atoms with van der Waals surface area (Å²) in [6, 6.07) is 9.67. The maximum atomic E-state index is 8.35. The summed E-state index contributed by atoms with van der Waals surface area (Å²) in [4.78, 5) is 0. The first-order valence-electron chi connectivity index (χ1n) is 5.01. The molecule has 0 bridgehead atoms. The topological polar surface area (TPSA) is 42.2 Å². The van der Waals surface area contributed by atoms with E-state index < -0.39 is 0 Å². The van der Waals surface area contributed by atoms with E-state index in [1.165, 1.54) is 0 Å². The Labute approximate surface area is 90.2 Å². The fraction of sp³-hybridized carbons (Fsp3) is 0.417. The fourth-order valence-electron chi connectivity index (χ4n) is 1.23. The van der Waals surface area contributed by atoms with E-state index in [-0.39, 0.29) is 0 Å². The fourth-order valence-corrected chi connectivity index (χ4v) is 1.23. The molecule has 80 valence electrons. The van der Waals surface area contributed by atoms with Gasteiger partial charge in [0.25, 0.3) is 0 Å². The molecule has 0 aromatic heterocycles. The first kappa shape index (κ1) is 11.4. The van der Waals surface area contributed by atoms with Gasteiger partial charge in [-0.25, -0.2) is 0 Å². The molecule has 0 fully saturated rings. The Balaban J connectivity index is 2.34. The highest BCUT2D eigenvalue weighted by Gasteiger charge is 2.01. The monoisotopic (exact) mass is 205 g/mol. The van der Waals surface area contributed by atoms with E-state index in [1.807, 2.05) is 24.3 Å². The molecule has 0 heterocycles. The van der Waals surface area contributed by atoms with E-state index in [1.54, 1.807) is 7.11 Å². The van der Waals surface area contributed by atoms with Crippen molar-refractivity contribution >= 4 is 0 Å². The maximum Gasteiger partial charge on any atom is 0.161 e. The van der Waals surface area contributed by atoms with Gasteiger partial charge in [0.1, 0.15) is 0 Å². The maximum absolute atomic E-state index is 8.35. The number of ether oxygens (including phenoxy) is 2. The molecule has 0 radical (unpaired) electrons. The minimum absolute atomic E-state index is 0.593. The highest BCUT2D eigenvalue weighted by Crippen LogP contribution is 2.25. The SMILES string of the molecule is COc1ccccc1OCCCCC#N. The third kappa shape index (κ3) is 3.90. The molecule has 3 heteroatoms. The second-order valence-corrected chi connectivity index (χ2v) is 3.11. The molecule has 1 rings (SSSR count). The van der Waals surface area contributed by atoms with Crippen molar-refractivity contribution in [2.75, 3.05) is 13.7 Å². The summed E-state index contributed by atoms with van der Waals surface area (Å²) in [6.45, 7) is 0.627. The van der Waals surface area contributed by atoms with Gasteiger partial charge in [0.05, 0.1) is 19.8 Å². The Morgan fingerprint density at radius 1 is 1.20 bits per heavy atom. The summed E-state index contributed by atoms with van der Waals surface area (Å²) in [5, 5.41) is 8.35. The Kier molecular flexibility index (Phi) is 5.10. The molecule has 0 saturated carbocycles. The molecular weight excluding hydrogens is 190 g/mol. The van der Waals surface area contributed by atoms with E-state index in [0.29, 0.717) is 13.0 Å². The zero-order valence-corrected chi connectivity index (χ0v) is 8.90. The first-order chi connectivity index (χ1) is 7.38. The van der Waals surface area contributed by atoms with Gasteiger partial charge in [-0.1, -0.05) is 12.1 Å². The second kappa shape index (κ2) is 6.72. The number of para-hydroxylation sites is 2. The third-order valence-corrected chi connectivity index (χ3v) is 2.01. The van der Waals surface area contributed by atoms with Gasteiger partial charge in [-0.15, -0.1) is 0 Å². The molecule has 0 aliphatic heterocycles. The first-order valence-corrected chi connectivity index (χ1v) is 5.01. The predicted octanol–water partition coefficient (Wildman–Crippen LogP) is 2.77. The molecule has 0 aliphatic rings. The molecule has 1 aromatic rings. The van der Waals surface area contributed by atoms with Crippen LogP contribution >= 0.6 is 0 Å². The number of nitrogens with zero attached hydrogens (tertiary/aromatic N) is 1. The van der Waals surface area contributed by atoms with Crippen LogP contribution in [0.2, 0.25) is 0 Å². The number of unbranched alkanes of at least 4 members (excludes halogenated alkanes) is 2. The van der Waals surface area contributed by atoms with Crippen molar-refractivity contribution in [1.82, 2.24) is 0 Å². The number of hydrogen-bond acceptors (Lipinski definition) is 3. The van der Waals surface area contributed by atoms with Crippen LogP contribution in [-0.2, 0) is 0 Å². The molecule has 3 nitrogen and oxygen atoms in total. The second-order valence-electron chi connectivity index (χ2n) is 3.11. The summed E-state index contributed by atoms with van der Waals surface area (Å²) in [5.41, 5.74) is 0. The number of hydrogen-bond donors (Lipinski definition) is 0. The molecule has 0 saturated heterocycles. The molecular formula is C12H15NO2. The highest BCUT2D eigenvalue weighted by molar-refractivity contribution is 5.39. The lowest BCUT2D eigenvalue weighted by Gasteiger charge is -2.09. The third-order valence-electron chi connectivity index (χ3n) is 2.01. The van der Waals surface area contributed by atoms with E-state index in [4.69, 9.17) is 14.7 Å². The molecule has 0 unspecified atom stereocenters. The molecule has 15 heavy (non-hydrogen) atoms. The van der Waals surface area contributed by atoms with Crippen molar-refractivity contribution < 1.29 is 9.47 Å². The van der Waals surface area contributed by atoms with Crippen LogP contribution in [0.5, 0.6) is 11.5 Å². The van der Waals surface area contributed by atoms with E-state index in [2.05, 4.69) is 6.07 Å². The van der Waals surface area contributed by atoms with Gasteiger partial charge < -0.3 is 9.47 Å². The Hall–Kier alpha value is -1.69. The largest absolute Gasteiger partial charge is 0.493 e. The van der Waals surface area contributed by atoms with Gasteiger partial charge in [0, 0.05) is 6.42 Å². The van der Waals surface area contributed by atoms with Crippen LogP contribution < -0.4 is 9.47 Å². The van der Waals surface area contributed by atoms with Gasteiger partial charge in [-0.05, 0) is 25.0 Å².